The monoisotopic (exact) mass is 354 g/mol. The Morgan fingerprint density at radius 3 is 1.68 bits per heavy atom. The number of halogens is 1. The van der Waals surface area contributed by atoms with Crippen molar-refractivity contribution in [2.75, 3.05) is 0 Å². The zero-order valence-corrected chi connectivity index (χ0v) is 13.4. The first-order valence-corrected chi connectivity index (χ1v) is 7.29. The van der Waals surface area contributed by atoms with Crippen molar-refractivity contribution in [1.29, 1.82) is 0 Å². The Morgan fingerprint density at radius 2 is 1.23 bits per heavy atom. The van der Waals surface area contributed by atoms with Gasteiger partial charge in [-0.25, -0.2) is 15.0 Å². The third-order valence-corrected chi connectivity index (χ3v) is 3.32. The van der Waals surface area contributed by atoms with E-state index < -0.39 is 0 Å². The first kappa shape index (κ1) is 16.0. The maximum atomic E-state index is 4.61. The molecule has 0 aliphatic carbocycles. The van der Waals surface area contributed by atoms with E-state index in [4.69, 9.17) is 0 Å². The highest BCUT2D eigenvalue weighted by atomic mass is 79.9. The molecule has 0 bridgehead atoms. The van der Waals surface area contributed by atoms with Crippen molar-refractivity contribution in [3.63, 3.8) is 0 Å². The van der Waals surface area contributed by atoms with Crippen LogP contribution in [0.4, 0.5) is 5.95 Å². The average Bonchev–Trinajstić information content (AvgIpc) is 2.56. The minimum absolute atomic E-state index is 0. The minimum atomic E-state index is 0. The van der Waals surface area contributed by atoms with Crippen LogP contribution in [-0.2, 0) is 0 Å². The molecule has 3 aromatic rings. The van der Waals surface area contributed by atoms with Gasteiger partial charge in [0.05, 0.1) is 10.2 Å². The van der Waals surface area contributed by atoms with Gasteiger partial charge in [-0.2, -0.15) is 0 Å². The summed E-state index contributed by atoms with van der Waals surface area (Å²) in [5.74, 6) is 0.445. The summed E-state index contributed by atoms with van der Waals surface area (Å²) in [7, 11) is 0. The Morgan fingerprint density at radius 1 is 0.773 bits per heavy atom. The summed E-state index contributed by atoms with van der Waals surface area (Å²) in [5, 5.41) is 0. The first-order valence-electron chi connectivity index (χ1n) is 6.50. The molecule has 3 rings (SSSR count). The van der Waals surface area contributed by atoms with Crippen LogP contribution in [-0.4, -0.2) is 15.7 Å². The Balaban J connectivity index is 0.00000176. The van der Waals surface area contributed by atoms with Crippen molar-refractivity contribution >= 4 is 27.6 Å². The highest BCUT2D eigenvalue weighted by Gasteiger charge is 2.07. The van der Waals surface area contributed by atoms with E-state index in [0.29, 0.717) is 5.95 Å². The van der Waals surface area contributed by atoms with Gasteiger partial charge in [-0.15, -0.1) is 0 Å². The largest absolute Gasteiger partial charge is 0.344 e. The molecule has 0 saturated heterocycles. The molecule has 2 aromatic carbocycles. The van der Waals surface area contributed by atoms with Crippen LogP contribution >= 0.6 is 15.9 Å². The van der Waals surface area contributed by atoms with Gasteiger partial charge in [0.15, 0.2) is 0 Å². The molecule has 1 aromatic heterocycles. The van der Waals surface area contributed by atoms with Crippen LogP contribution in [0, 0.1) is 0 Å². The van der Waals surface area contributed by atoms with Crippen LogP contribution < -0.4 is 6.15 Å². The molecule has 0 aliphatic heterocycles. The number of hydrogen-bond donors (Lipinski definition) is 1. The van der Waals surface area contributed by atoms with E-state index in [1.807, 2.05) is 60.7 Å². The summed E-state index contributed by atoms with van der Waals surface area (Å²) in [5.41, 5.74) is 2.93. The van der Waals surface area contributed by atoms with Gasteiger partial charge < -0.3 is 6.15 Å². The predicted octanol–water partition coefficient (Wildman–Crippen LogP) is 4.57. The molecule has 0 saturated carbocycles. The highest BCUT2D eigenvalue weighted by Crippen LogP contribution is 2.16. The van der Waals surface area contributed by atoms with Crippen molar-refractivity contribution in [2.24, 2.45) is 4.99 Å². The molecule has 0 unspecified atom stereocenters. The molecule has 0 aliphatic rings. The number of nitrogens with zero attached hydrogens (tertiary/aromatic N) is 3. The summed E-state index contributed by atoms with van der Waals surface area (Å²) in [6.07, 6.45) is 3.39. The molecule has 4 nitrogen and oxygen atoms in total. The molecular weight excluding hydrogens is 340 g/mol. The van der Waals surface area contributed by atoms with Gasteiger partial charge in [0.2, 0.25) is 5.95 Å². The Hall–Kier alpha value is -2.37. The van der Waals surface area contributed by atoms with Crippen molar-refractivity contribution in [2.45, 2.75) is 0 Å². The summed E-state index contributed by atoms with van der Waals surface area (Å²) in [6.45, 7) is 0. The second-order valence-electron chi connectivity index (χ2n) is 4.39. The van der Waals surface area contributed by atoms with E-state index in [0.717, 1.165) is 21.3 Å². The van der Waals surface area contributed by atoms with Crippen LogP contribution in [0.1, 0.15) is 11.1 Å². The van der Waals surface area contributed by atoms with Gasteiger partial charge >= 0.3 is 0 Å². The Kier molecular flexibility index (Phi) is 5.52. The van der Waals surface area contributed by atoms with Crippen molar-refractivity contribution in [1.82, 2.24) is 16.1 Å². The molecular formula is C17H15BrN4. The van der Waals surface area contributed by atoms with Gasteiger partial charge in [0, 0.05) is 23.5 Å². The highest BCUT2D eigenvalue weighted by molar-refractivity contribution is 9.10. The molecule has 0 radical (unpaired) electrons. The topological polar surface area (TPSA) is 73.1 Å². The lowest BCUT2D eigenvalue weighted by atomic mass is 10.0. The van der Waals surface area contributed by atoms with E-state index in [2.05, 4.69) is 30.9 Å². The van der Waals surface area contributed by atoms with Crippen molar-refractivity contribution < 1.29 is 0 Å². The maximum absolute atomic E-state index is 4.61. The van der Waals surface area contributed by atoms with E-state index in [9.17, 15) is 0 Å². The van der Waals surface area contributed by atoms with Crippen LogP contribution in [0.2, 0.25) is 0 Å². The number of aliphatic imine (C=N–C) groups is 1. The third-order valence-electron chi connectivity index (χ3n) is 2.91. The lowest BCUT2D eigenvalue weighted by Crippen LogP contribution is -2.03. The van der Waals surface area contributed by atoms with E-state index in [1.165, 1.54) is 0 Å². The molecule has 0 amide bonds. The summed E-state index contributed by atoms with van der Waals surface area (Å²) in [4.78, 5) is 13.1. The Bertz CT molecular complexity index is 699. The zero-order chi connectivity index (χ0) is 14.5. The van der Waals surface area contributed by atoms with E-state index >= 15 is 0 Å². The molecule has 5 heteroatoms. The third kappa shape index (κ3) is 3.84. The molecule has 22 heavy (non-hydrogen) atoms. The fourth-order valence-electron chi connectivity index (χ4n) is 1.95. The van der Waals surface area contributed by atoms with Gasteiger partial charge in [0.25, 0.3) is 0 Å². The molecule has 110 valence electrons. The first-order chi connectivity index (χ1) is 10.3. The fourth-order valence-corrected chi connectivity index (χ4v) is 2.16. The second-order valence-corrected chi connectivity index (χ2v) is 5.31. The fraction of sp³-hybridized carbons (Fsp3) is 0. The van der Waals surface area contributed by atoms with Gasteiger partial charge in [-0.05, 0) is 15.9 Å². The second kappa shape index (κ2) is 7.59. The number of aromatic nitrogens is 2. The average molecular weight is 355 g/mol. The normalized spacial score (nSPS) is 9.68. The molecule has 0 spiro atoms. The molecule has 3 N–H and O–H groups in total. The lowest BCUT2D eigenvalue weighted by molar-refractivity contribution is 1.12. The van der Waals surface area contributed by atoms with Gasteiger partial charge in [-0.3, -0.25) is 0 Å². The van der Waals surface area contributed by atoms with Crippen molar-refractivity contribution in [3.05, 3.63) is 88.7 Å². The van der Waals surface area contributed by atoms with Crippen molar-refractivity contribution in [3.8, 4) is 0 Å². The maximum Gasteiger partial charge on any atom is 0.249 e. The SMILES string of the molecule is Brc1cnc(N=C(c2ccccc2)c2ccccc2)nc1.N. The van der Waals surface area contributed by atoms with Crippen LogP contribution in [0.15, 0.2) is 82.5 Å². The molecule has 0 atom stereocenters. The van der Waals surface area contributed by atoms with Crippen LogP contribution in [0.25, 0.3) is 0 Å². The smallest absolute Gasteiger partial charge is 0.249 e. The van der Waals surface area contributed by atoms with Crippen LogP contribution in [0.5, 0.6) is 0 Å². The van der Waals surface area contributed by atoms with Gasteiger partial charge in [0.1, 0.15) is 0 Å². The zero-order valence-electron chi connectivity index (χ0n) is 11.9. The molecule has 0 fully saturated rings. The van der Waals surface area contributed by atoms with Crippen LogP contribution in [0.3, 0.4) is 0 Å². The number of rotatable bonds is 3. The minimum Gasteiger partial charge on any atom is -0.344 e. The predicted molar refractivity (Wildman–Crippen MR) is 92.9 cm³/mol. The Labute approximate surface area is 137 Å². The number of hydrogen-bond acceptors (Lipinski definition) is 4. The summed E-state index contributed by atoms with van der Waals surface area (Å²) >= 11 is 3.33. The van der Waals surface area contributed by atoms with E-state index in [-0.39, 0.29) is 6.15 Å². The lowest BCUT2D eigenvalue weighted by Gasteiger charge is -2.06. The quantitative estimate of drug-likeness (QED) is 0.700. The molecule has 1 heterocycles. The van der Waals surface area contributed by atoms with Gasteiger partial charge in [-0.1, -0.05) is 60.7 Å². The summed E-state index contributed by atoms with van der Waals surface area (Å²) in [6, 6.07) is 20.1. The van der Waals surface area contributed by atoms with E-state index in [1.54, 1.807) is 12.4 Å². The number of benzene rings is 2. The summed E-state index contributed by atoms with van der Waals surface area (Å²) < 4.78 is 0.836. The standard InChI is InChI=1S/C17H12BrN3.H3N/c18-15-11-19-17(20-12-15)21-16(13-7-3-1-4-8-13)14-9-5-2-6-10-14;/h1-12H;1H3.